The lowest BCUT2D eigenvalue weighted by molar-refractivity contribution is 0.358. The van der Waals surface area contributed by atoms with Crippen LogP contribution in [0.3, 0.4) is 0 Å². The van der Waals surface area contributed by atoms with Crippen LogP contribution in [0.25, 0.3) is 0 Å². The summed E-state index contributed by atoms with van der Waals surface area (Å²) in [5, 5.41) is 4.37. The summed E-state index contributed by atoms with van der Waals surface area (Å²) in [6.45, 7) is 6.81. The normalized spacial score (nSPS) is 14.3. The number of hydrogen-bond donors (Lipinski definition) is 0. The van der Waals surface area contributed by atoms with Crippen LogP contribution in [0, 0.1) is 12.3 Å². The highest BCUT2D eigenvalue weighted by Crippen LogP contribution is 2.34. The van der Waals surface area contributed by atoms with E-state index in [1.54, 1.807) is 0 Å². The Labute approximate surface area is 105 Å². The Morgan fingerprint density at radius 1 is 1.35 bits per heavy atom. The summed E-state index contributed by atoms with van der Waals surface area (Å²) in [4.78, 5) is 0. The first kappa shape index (κ1) is 13.8. The Balaban J connectivity index is 3.03. The maximum atomic E-state index is 5.42. The van der Waals surface area contributed by atoms with Gasteiger partial charge in [-0.25, -0.2) is 0 Å². The third-order valence-electron chi connectivity index (χ3n) is 3.53. The molecule has 2 heteroatoms. The van der Waals surface area contributed by atoms with Crippen molar-refractivity contribution in [2.45, 2.75) is 58.3 Å². The summed E-state index contributed by atoms with van der Waals surface area (Å²) in [5.41, 5.74) is 2.24. The molecule has 0 spiro atoms. The van der Waals surface area contributed by atoms with E-state index in [0.29, 0.717) is 0 Å². The Kier molecular flexibility index (Phi) is 4.81. The van der Waals surface area contributed by atoms with E-state index in [4.69, 9.17) is 6.42 Å². The van der Waals surface area contributed by atoms with E-state index in [0.717, 1.165) is 5.69 Å². The van der Waals surface area contributed by atoms with Crippen molar-refractivity contribution in [3.63, 3.8) is 0 Å². The van der Waals surface area contributed by atoms with Crippen molar-refractivity contribution in [2.24, 2.45) is 7.05 Å². The largest absolute Gasteiger partial charge is 0.271 e. The van der Waals surface area contributed by atoms with E-state index in [1.165, 1.54) is 37.8 Å². The number of rotatable bonds is 6. The highest BCUT2D eigenvalue weighted by molar-refractivity contribution is 5.29. The minimum atomic E-state index is 0.210. The maximum absolute atomic E-state index is 5.42. The summed E-state index contributed by atoms with van der Waals surface area (Å²) < 4.78 is 1.96. The van der Waals surface area contributed by atoms with Crippen molar-refractivity contribution in [1.29, 1.82) is 0 Å². The summed E-state index contributed by atoms with van der Waals surface area (Å²) in [5.74, 6) is 2.63. The first-order valence-electron chi connectivity index (χ1n) is 6.58. The number of terminal acetylenes is 1. The number of hydrogen-bond acceptors (Lipinski definition) is 1. The molecule has 94 valence electrons. The Hall–Kier alpha value is -1.23. The predicted octanol–water partition coefficient (Wildman–Crippen LogP) is 3.65. The van der Waals surface area contributed by atoms with Crippen LogP contribution in [0.2, 0.25) is 0 Å². The van der Waals surface area contributed by atoms with Crippen LogP contribution in [0.1, 0.15) is 64.3 Å². The first-order chi connectivity index (χ1) is 8.07. The van der Waals surface area contributed by atoms with Gasteiger partial charge in [-0.2, -0.15) is 5.10 Å². The molecule has 0 N–H and O–H groups in total. The molecule has 1 atom stereocenters. The molecule has 1 rings (SSSR count). The second-order valence-corrected chi connectivity index (χ2v) is 5.10. The van der Waals surface area contributed by atoms with Gasteiger partial charge in [0.1, 0.15) is 5.69 Å². The van der Waals surface area contributed by atoms with Crippen molar-refractivity contribution in [2.75, 3.05) is 0 Å². The summed E-state index contributed by atoms with van der Waals surface area (Å²) in [6, 6.07) is 2.07. The van der Waals surface area contributed by atoms with Crippen molar-refractivity contribution in [3.05, 3.63) is 17.5 Å². The van der Waals surface area contributed by atoms with E-state index < -0.39 is 0 Å². The summed E-state index contributed by atoms with van der Waals surface area (Å²) >= 11 is 0. The fourth-order valence-corrected chi connectivity index (χ4v) is 2.60. The van der Waals surface area contributed by atoms with Crippen LogP contribution >= 0.6 is 0 Å². The molecule has 2 nitrogen and oxygen atoms in total. The fourth-order valence-electron chi connectivity index (χ4n) is 2.60. The topological polar surface area (TPSA) is 17.8 Å². The summed E-state index contributed by atoms with van der Waals surface area (Å²) in [6.07, 6.45) is 11.5. The van der Waals surface area contributed by atoms with Gasteiger partial charge in [0.25, 0.3) is 0 Å². The molecule has 1 aromatic rings. The van der Waals surface area contributed by atoms with Gasteiger partial charge in [-0.05, 0) is 24.8 Å². The number of aromatic nitrogens is 2. The molecule has 0 amide bonds. The smallest absolute Gasteiger partial charge is 0.135 e. The summed E-state index contributed by atoms with van der Waals surface area (Å²) in [7, 11) is 2.00. The Morgan fingerprint density at radius 3 is 2.53 bits per heavy atom. The molecule has 0 aliphatic heterocycles. The number of nitrogens with zero attached hydrogens (tertiary/aromatic N) is 2. The lowest BCUT2D eigenvalue weighted by Gasteiger charge is -2.29. The van der Waals surface area contributed by atoms with E-state index in [9.17, 15) is 0 Å². The zero-order chi connectivity index (χ0) is 12.9. The minimum Gasteiger partial charge on any atom is -0.271 e. The van der Waals surface area contributed by atoms with E-state index in [1.807, 2.05) is 11.7 Å². The lowest BCUT2D eigenvalue weighted by atomic mass is 9.77. The maximum Gasteiger partial charge on any atom is 0.135 e. The molecule has 0 radical (unpaired) electrons. The van der Waals surface area contributed by atoms with Crippen molar-refractivity contribution < 1.29 is 0 Å². The van der Waals surface area contributed by atoms with Gasteiger partial charge in [0.05, 0.1) is 0 Å². The zero-order valence-corrected chi connectivity index (χ0v) is 11.6. The molecule has 0 saturated carbocycles. The number of unbranched alkanes of at least 4 members (excludes halogenated alkanes) is 1. The third-order valence-corrected chi connectivity index (χ3v) is 3.53. The van der Waals surface area contributed by atoms with E-state index >= 15 is 0 Å². The highest BCUT2D eigenvalue weighted by atomic mass is 15.3. The van der Waals surface area contributed by atoms with Gasteiger partial charge >= 0.3 is 0 Å². The predicted molar refractivity (Wildman–Crippen MR) is 72.9 cm³/mol. The quantitative estimate of drug-likeness (QED) is 0.685. The second-order valence-electron chi connectivity index (χ2n) is 5.10. The molecule has 1 aromatic heterocycles. The Bertz CT molecular complexity index is 398. The van der Waals surface area contributed by atoms with Gasteiger partial charge in [-0.3, -0.25) is 4.68 Å². The number of aryl methyl sites for hydroxylation is 1. The fraction of sp³-hybridized carbons (Fsp3) is 0.667. The molecule has 17 heavy (non-hydrogen) atoms. The van der Waals surface area contributed by atoms with E-state index in [2.05, 4.69) is 37.9 Å². The average molecular weight is 232 g/mol. The van der Waals surface area contributed by atoms with Gasteiger partial charge in [-0.1, -0.05) is 40.0 Å². The molecule has 1 unspecified atom stereocenters. The van der Waals surface area contributed by atoms with Gasteiger partial charge in [-0.15, -0.1) is 6.42 Å². The first-order valence-corrected chi connectivity index (χ1v) is 6.58. The van der Waals surface area contributed by atoms with Gasteiger partial charge in [0, 0.05) is 18.2 Å². The van der Waals surface area contributed by atoms with Crippen molar-refractivity contribution in [1.82, 2.24) is 9.78 Å². The van der Waals surface area contributed by atoms with Gasteiger partial charge in [0.2, 0.25) is 0 Å². The monoisotopic (exact) mass is 232 g/mol. The molecule has 0 saturated heterocycles. The molecule has 0 bridgehead atoms. The standard InChI is InChI=1S/C15H24N2/c1-6-9-11-15(4,10-7-2)14-12-13(8-3)16-17(14)5/h3,12H,6-7,9-11H2,1-2,4-5H3. The van der Waals surface area contributed by atoms with Crippen LogP contribution in [-0.4, -0.2) is 9.78 Å². The Morgan fingerprint density at radius 2 is 2.06 bits per heavy atom. The average Bonchev–Trinajstić information content (AvgIpc) is 2.69. The lowest BCUT2D eigenvalue weighted by Crippen LogP contribution is -2.25. The molecular formula is C15H24N2. The van der Waals surface area contributed by atoms with Crippen molar-refractivity contribution >= 4 is 0 Å². The zero-order valence-electron chi connectivity index (χ0n) is 11.6. The SMILES string of the molecule is C#Cc1cc(C(C)(CCC)CCCC)n(C)n1. The van der Waals surface area contributed by atoms with Gasteiger partial charge in [0.15, 0.2) is 0 Å². The van der Waals surface area contributed by atoms with Crippen LogP contribution in [-0.2, 0) is 12.5 Å². The molecule has 0 aromatic carbocycles. The van der Waals surface area contributed by atoms with Crippen LogP contribution in [0.15, 0.2) is 6.07 Å². The third kappa shape index (κ3) is 3.12. The highest BCUT2D eigenvalue weighted by Gasteiger charge is 2.28. The van der Waals surface area contributed by atoms with Crippen LogP contribution in [0.5, 0.6) is 0 Å². The molecular weight excluding hydrogens is 208 g/mol. The van der Waals surface area contributed by atoms with Crippen molar-refractivity contribution in [3.8, 4) is 12.3 Å². The van der Waals surface area contributed by atoms with Crippen LogP contribution in [0.4, 0.5) is 0 Å². The molecule has 0 fully saturated rings. The second kappa shape index (κ2) is 5.91. The molecule has 1 heterocycles. The van der Waals surface area contributed by atoms with Gasteiger partial charge < -0.3 is 0 Å². The molecule has 0 aliphatic rings. The minimum absolute atomic E-state index is 0.210. The van der Waals surface area contributed by atoms with E-state index in [-0.39, 0.29) is 5.41 Å². The van der Waals surface area contributed by atoms with Crippen LogP contribution < -0.4 is 0 Å². The molecule has 0 aliphatic carbocycles.